The lowest BCUT2D eigenvalue weighted by atomic mass is 10.1. The molecule has 0 bridgehead atoms. The van der Waals surface area contributed by atoms with Gasteiger partial charge >= 0.3 is 0 Å². The molecule has 0 radical (unpaired) electrons. The number of rotatable bonds is 8. The summed E-state index contributed by atoms with van der Waals surface area (Å²) < 4.78 is 10.6. The van der Waals surface area contributed by atoms with Crippen LogP contribution in [0.2, 0.25) is 0 Å². The Morgan fingerprint density at radius 3 is 2.55 bits per heavy atom. The number of benzene rings is 1. The number of guanidine groups is 1. The SMILES string of the molecule is CCNC(=NCCc1ccc(OC(C)C)cc1)N1CCN(Cc2ccon2)CC1. The Labute approximate surface area is 173 Å². The second kappa shape index (κ2) is 10.9. The van der Waals surface area contributed by atoms with E-state index in [0.29, 0.717) is 0 Å². The van der Waals surface area contributed by atoms with Gasteiger partial charge in [0.2, 0.25) is 0 Å². The molecule has 1 aromatic carbocycles. The van der Waals surface area contributed by atoms with Crippen molar-refractivity contribution in [2.45, 2.75) is 39.8 Å². The summed E-state index contributed by atoms with van der Waals surface area (Å²) in [6.07, 6.45) is 2.75. The molecular weight excluding hydrogens is 366 g/mol. The van der Waals surface area contributed by atoms with Gasteiger partial charge in [-0.05, 0) is 44.9 Å². The highest BCUT2D eigenvalue weighted by atomic mass is 16.5. The van der Waals surface area contributed by atoms with E-state index in [0.717, 1.165) is 69.6 Å². The van der Waals surface area contributed by atoms with Gasteiger partial charge in [0.05, 0.1) is 11.8 Å². The van der Waals surface area contributed by atoms with Crippen LogP contribution in [0.5, 0.6) is 5.75 Å². The highest BCUT2D eigenvalue weighted by Gasteiger charge is 2.20. The summed E-state index contributed by atoms with van der Waals surface area (Å²) in [7, 11) is 0. The van der Waals surface area contributed by atoms with Crippen molar-refractivity contribution in [1.29, 1.82) is 0 Å². The normalized spacial score (nSPS) is 15.7. The van der Waals surface area contributed by atoms with Crippen LogP contribution in [0, 0.1) is 0 Å². The van der Waals surface area contributed by atoms with Crippen molar-refractivity contribution in [3.63, 3.8) is 0 Å². The zero-order chi connectivity index (χ0) is 20.5. The first-order valence-corrected chi connectivity index (χ1v) is 10.5. The lowest BCUT2D eigenvalue weighted by Crippen LogP contribution is -2.52. The molecule has 0 saturated carbocycles. The van der Waals surface area contributed by atoms with Crippen LogP contribution in [0.25, 0.3) is 0 Å². The summed E-state index contributed by atoms with van der Waals surface area (Å²) >= 11 is 0. The van der Waals surface area contributed by atoms with Crippen molar-refractivity contribution in [1.82, 2.24) is 20.3 Å². The van der Waals surface area contributed by atoms with E-state index in [2.05, 4.69) is 39.3 Å². The summed E-state index contributed by atoms with van der Waals surface area (Å²) in [5, 5.41) is 7.45. The summed E-state index contributed by atoms with van der Waals surface area (Å²) in [5.74, 6) is 1.93. The highest BCUT2D eigenvalue weighted by Crippen LogP contribution is 2.14. The Morgan fingerprint density at radius 1 is 1.17 bits per heavy atom. The third-order valence-electron chi connectivity index (χ3n) is 4.84. The van der Waals surface area contributed by atoms with Crippen molar-refractivity contribution in [2.75, 3.05) is 39.3 Å². The van der Waals surface area contributed by atoms with Crippen molar-refractivity contribution in [3.05, 3.63) is 47.9 Å². The van der Waals surface area contributed by atoms with E-state index < -0.39 is 0 Å². The van der Waals surface area contributed by atoms with Gasteiger partial charge in [0.15, 0.2) is 5.96 Å². The molecule has 1 saturated heterocycles. The fourth-order valence-corrected chi connectivity index (χ4v) is 3.39. The summed E-state index contributed by atoms with van der Waals surface area (Å²) in [5.41, 5.74) is 2.27. The number of hydrogen-bond acceptors (Lipinski definition) is 5. The lowest BCUT2D eigenvalue weighted by Gasteiger charge is -2.36. The molecule has 0 unspecified atom stereocenters. The van der Waals surface area contributed by atoms with E-state index in [4.69, 9.17) is 14.3 Å². The molecule has 1 fully saturated rings. The largest absolute Gasteiger partial charge is 0.491 e. The van der Waals surface area contributed by atoms with Gasteiger partial charge in [-0.3, -0.25) is 9.89 Å². The number of aliphatic imine (C=N–C) groups is 1. The number of nitrogens with one attached hydrogen (secondary N) is 1. The highest BCUT2D eigenvalue weighted by molar-refractivity contribution is 5.80. The number of piperazine rings is 1. The molecule has 7 heteroatoms. The Balaban J connectivity index is 1.48. The molecule has 1 aliphatic rings. The first-order chi connectivity index (χ1) is 14.1. The monoisotopic (exact) mass is 399 g/mol. The first-order valence-electron chi connectivity index (χ1n) is 10.5. The second-order valence-corrected chi connectivity index (χ2v) is 7.55. The zero-order valence-corrected chi connectivity index (χ0v) is 17.8. The van der Waals surface area contributed by atoms with Crippen LogP contribution in [-0.2, 0) is 13.0 Å². The molecule has 3 rings (SSSR count). The number of hydrogen-bond donors (Lipinski definition) is 1. The molecule has 2 heterocycles. The third-order valence-corrected chi connectivity index (χ3v) is 4.84. The average Bonchev–Trinajstić information content (AvgIpc) is 3.22. The van der Waals surface area contributed by atoms with Gasteiger partial charge in [-0.2, -0.15) is 0 Å². The minimum Gasteiger partial charge on any atom is -0.491 e. The minimum absolute atomic E-state index is 0.199. The van der Waals surface area contributed by atoms with E-state index >= 15 is 0 Å². The minimum atomic E-state index is 0.199. The lowest BCUT2D eigenvalue weighted by molar-refractivity contribution is 0.169. The van der Waals surface area contributed by atoms with Gasteiger partial charge in [0.1, 0.15) is 12.0 Å². The van der Waals surface area contributed by atoms with Gasteiger partial charge < -0.3 is 19.5 Å². The predicted octanol–water partition coefficient (Wildman–Crippen LogP) is 2.79. The molecule has 158 valence electrons. The Kier molecular flexibility index (Phi) is 7.93. The quantitative estimate of drug-likeness (QED) is 0.544. The van der Waals surface area contributed by atoms with E-state index in [1.807, 2.05) is 32.0 Å². The van der Waals surface area contributed by atoms with Crippen molar-refractivity contribution in [2.24, 2.45) is 4.99 Å². The van der Waals surface area contributed by atoms with Crippen LogP contribution in [-0.4, -0.2) is 66.3 Å². The fraction of sp³-hybridized carbons (Fsp3) is 0.545. The van der Waals surface area contributed by atoms with Crippen LogP contribution >= 0.6 is 0 Å². The van der Waals surface area contributed by atoms with Crippen molar-refractivity contribution >= 4 is 5.96 Å². The molecule has 2 aromatic rings. The molecule has 0 atom stereocenters. The maximum Gasteiger partial charge on any atom is 0.194 e. The molecule has 0 spiro atoms. The van der Waals surface area contributed by atoms with Gasteiger partial charge in [0, 0.05) is 51.9 Å². The topological polar surface area (TPSA) is 66.1 Å². The molecular formula is C22H33N5O2. The van der Waals surface area contributed by atoms with Crippen molar-refractivity contribution < 1.29 is 9.26 Å². The van der Waals surface area contributed by atoms with Crippen LogP contribution < -0.4 is 10.1 Å². The second-order valence-electron chi connectivity index (χ2n) is 7.55. The van der Waals surface area contributed by atoms with Crippen LogP contribution in [0.4, 0.5) is 0 Å². The Bertz CT molecular complexity index is 735. The van der Waals surface area contributed by atoms with Crippen LogP contribution in [0.1, 0.15) is 32.0 Å². The van der Waals surface area contributed by atoms with Gasteiger partial charge in [-0.1, -0.05) is 17.3 Å². The standard InChI is InChI=1S/C22H33N5O2/c1-4-23-22(24-11-9-19-5-7-21(8-6-19)29-18(2)3)27-14-12-26(13-15-27)17-20-10-16-28-25-20/h5-8,10,16,18H,4,9,11-15,17H2,1-3H3,(H,23,24). The number of nitrogens with zero attached hydrogens (tertiary/aromatic N) is 4. The van der Waals surface area contributed by atoms with Crippen LogP contribution in [0.3, 0.4) is 0 Å². The summed E-state index contributed by atoms with van der Waals surface area (Å²) in [4.78, 5) is 9.61. The molecule has 0 amide bonds. The summed E-state index contributed by atoms with van der Waals surface area (Å²) in [6, 6.07) is 10.3. The maximum absolute atomic E-state index is 5.71. The maximum atomic E-state index is 5.71. The van der Waals surface area contributed by atoms with E-state index in [-0.39, 0.29) is 6.10 Å². The first kappa shape index (κ1) is 21.2. The molecule has 1 aliphatic heterocycles. The molecule has 1 N–H and O–H groups in total. The van der Waals surface area contributed by atoms with Crippen LogP contribution in [0.15, 0.2) is 46.1 Å². The fourth-order valence-electron chi connectivity index (χ4n) is 3.39. The zero-order valence-electron chi connectivity index (χ0n) is 17.8. The van der Waals surface area contributed by atoms with E-state index in [1.54, 1.807) is 6.26 Å². The number of ether oxygens (including phenoxy) is 1. The summed E-state index contributed by atoms with van der Waals surface area (Å²) in [6.45, 7) is 12.6. The van der Waals surface area contributed by atoms with Gasteiger partial charge in [0.25, 0.3) is 0 Å². The molecule has 0 aliphatic carbocycles. The molecule has 29 heavy (non-hydrogen) atoms. The average molecular weight is 400 g/mol. The van der Waals surface area contributed by atoms with Crippen molar-refractivity contribution in [3.8, 4) is 5.75 Å². The predicted molar refractivity (Wildman–Crippen MR) is 115 cm³/mol. The number of aromatic nitrogens is 1. The van der Waals surface area contributed by atoms with Gasteiger partial charge in [-0.15, -0.1) is 0 Å². The third kappa shape index (κ3) is 6.78. The molecule has 7 nitrogen and oxygen atoms in total. The van der Waals surface area contributed by atoms with E-state index in [9.17, 15) is 0 Å². The Hall–Kier alpha value is -2.54. The van der Waals surface area contributed by atoms with Gasteiger partial charge in [-0.25, -0.2) is 0 Å². The van der Waals surface area contributed by atoms with E-state index in [1.165, 1.54) is 5.56 Å². The molecule has 1 aromatic heterocycles. The Morgan fingerprint density at radius 2 is 1.93 bits per heavy atom. The smallest absolute Gasteiger partial charge is 0.194 e.